The van der Waals surface area contributed by atoms with Gasteiger partial charge < -0.3 is 5.32 Å². The number of carbonyl (C=O) groups excluding carboxylic acids is 1. The zero-order valence-electron chi connectivity index (χ0n) is 15.4. The van der Waals surface area contributed by atoms with Crippen LogP contribution in [0.25, 0.3) is 10.6 Å². The van der Waals surface area contributed by atoms with Crippen LogP contribution in [0.15, 0.2) is 72.4 Å². The summed E-state index contributed by atoms with van der Waals surface area (Å²) in [6.45, 7) is 0. The van der Waals surface area contributed by atoms with Gasteiger partial charge in [-0.15, -0.1) is 11.3 Å². The molecule has 0 unspecified atom stereocenters. The van der Waals surface area contributed by atoms with Crippen LogP contribution in [-0.4, -0.2) is 15.9 Å². The number of nitrogens with one attached hydrogen (secondary N) is 1. The molecule has 0 aliphatic heterocycles. The first kappa shape index (κ1) is 19.8. The Balaban J connectivity index is 1.64. The van der Waals surface area contributed by atoms with Gasteiger partial charge >= 0.3 is 0 Å². The van der Waals surface area contributed by atoms with Gasteiger partial charge in [-0.3, -0.25) is 9.78 Å². The molecule has 0 spiro atoms. The Hall–Kier alpha value is -3.52. The molecule has 4 nitrogen and oxygen atoms in total. The lowest BCUT2D eigenvalue weighted by Gasteiger charge is -2.19. The predicted octanol–water partition coefficient (Wildman–Crippen LogP) is 5.14. The number of nitrogens with zero attached hydrogens (tertiary/aromatic N) is 2. The molecular weight excluding hydrogens is 411 g/mol. The molecule has 2 heterocycles. The van der Waals surface area contributed by atoms with E-state index in [-0.39, 0.29) is 5.69 Å². The summed E-state index contributed by atoms with van der Waals surface area (Å²) in [5, 5.41) is 4.66. The molecule has 0 fully saturated rings. The quantitative estimate of drug-likeness (QED) is 0.482. The number of rotatable bonds is 5. The Morgan fingerprint density at radius 1 is 0.933 bits per heavy atom. The Labute approximate surface area is 174 Å². The number of thiazole rings is 1. The zero-order chi connectivity index (χ0) is 21.1. The van der Waals surface area contributed by atoms with Crippen LogP contribution < -0.4 is 5.32 Å². The van der Waals surface area contributed by atoms with Crippen molar-refractivity contribution < 1.29 is 18.0 Å². The van der Waals surface area contributed by atoms with Crippen LogP contribution in [0.4, 0.5) is 13.2 Å². The van der Waals surface area contributed by atoms with Gasteiger partial charge in [-0.05, 0) is 41.5 Å². The third-order valence-electron chi connectivity index (χ3n) is 4.41. The van der Waals surface area contributed by atoms with E-state index in [9.17, 15) is 18.0 Å². The number of hydrogen-bond acceptors (Lipinski definition) is 4. The number of aromatic nitrogens is 2. The average Bonchev–Trinajstić information content (AvgIpc) is 3.25. The van der Waals surface area contributed by atoms with Gasteiger partial charge in [0.2, 0.25) is 0 Å². The summed E-state index contributed by atoms with van der Waals surface area (Å²) in [4.78, 5) is 21.1. The maximum Gasteiger partial charge on any atom is 0.271 e. The summed E-state index contributed by atoms with van der Waals surface area (Å²) in [6.07, 6.45) is 3.09. The highest BCUT2D eigenvalue weighted by molar-refractivity contribution is 7.13. The van der Waals surface area contributed by atoms with Gasteiger partial charge in [0, 0.05) is 23.3 Å². The van der Waals surface area contributed by atoms with Crippen molar-refractivity contribution in [2.45, 2.75) is 6.04 Å². The number of amides is 1. The molecule has 0 aliphatic rings. The van der Waals surface area contributed by atoms with Gasteiger partial charge in [-0.2, -0.15) is 0 Å². The molecule has 0 saturated carbocycles. The molecule has 4 aromatic rings. The molecule has 1 atom stereocenters. The Bertz CT molecular complexity index is 1200. The van der Waals surface area contributed by atoms with Gasteiger partial charge in [-0.25, -0.2) is 18.2 Å². The van der Waals surface area contributed by atoms with Crippen LogP contribution in [0.3, 0.4) is 0 Å². The largest absolute Gasteiger partial charge is 0.340 e. The number of hydrogen-bond donors (Lipinski definition) is 1. The number of pyridine rings is 1. The molecule has 1 N–H and O–H groups in total. The molecule has 150 valence electrons. The molecule has 4 rings (SSSR count). The van der Waals surface area contributed by atoms with Crippen LogP contribution in [0, 0.1) is 17.5 Å². The van der Waals surface area contributed by atoms with Gasteiger partial charge in [0.15, 0.2) is 11.6 Å². The average molecular weight is 425 g/mol. The monoisotopic (exact) mass is 425 g/mol. The van der Waals surface area contributed by atoms with E-state index in [0.717, 1.165) is 23.5 Å². The molecule has 0 aliphatic carbocycles. The lowest BCUT2D eigenvalue weighted by Crippen LogP contribution is -2.29. The van der Waals surface area contributed by atoms with Crippen molar-refractivity contribution >= 4 is 17.2 Å². The van der Waals surface area contributed by atoms with E-state index in [4.69, 9.17) is 0 Å². The minimum atomic E-state index is -1.02. The highest BCUT2D eigenvalue weighted by Crippen LogP contribution is 2.27. The predicted molar refractivity (Wildman–Crippen MR) is 107 cm³/mol. The Morgan fingerprint density at radius 2 is 1.77 bits per heavy atom. The van der Waals surface area contributed by atoms with Crippen molar-refractivity contribution in [3.63, 3.8) is 0 Å². The topological polar surface area (TPSA) is 54.9 Å². The van der Waals surface area contributed by atoms with Crippen LogP contribution in [0.2, 0.25) is 0 Å². The standard InChI is InChI=1S/C22H14F3N3OS/c23-16-6-2-1-5-15(16)22-27-19(12-30-22)21(29)28-20(14-4-3-9-26-11-14)13-7-8-17(24)18(25)10-13/h1-12,20H,(H,28,29)/t20-/m0/s1. The lowest BCUT2D eigenvalue weighted by molar-refractivity contribution is 0.0938. The van der Waals surface area contributed by atoms with Crippen molar-refractivity contribution in [1.82, 2.24) is 15.3 Å². The van der Waals surface area contributed by atoms with Gasteiger partial charge in [0.05, 0.1) is 6.04 Å². The molecule has 2 aromatic heterocycles. The van der Waals surface area contributed by atoms with Gasteiger partial charge in [-0.1, -0.05) is 24.3 Å². The fourth-order valence-corrected chi connectivity index (χ4v) is 3.77. The summed E-state index contributed by atoms with van der Waals surface area (Å²) in [5.74, 6) is -2.98. The van der Waals surface area contributed by atoms with Crippen LogP contribution >= 0.6 is 11.3 Å². The van der Waals surface area contributed by atoms with Gasteiger partial charge in [0.25, 0.3) is 5.91 Å². The highest BCUT2D eigenvalue weighted by Gasteiger charge is 2.21. The van der Waals surface area contributed by atoms with E-state index in [2.05, 4.69) is 15.3 Å². The number of carbonyl (C=O) groups is 1. The van der Waals surface area contributed by atoms with Crippen molar-refractivity contribution in [3.8, 4) is 10.6 Å². The van der Waals surface area contributed by atoms with Crippen molar-refractivity contribution in [2.24, 2.45) is 0 Å². The fourth-order valence-electron chi connectivity index (χ4n) is 2.94. The molecule has 2 aromatic carbocycles. The second-order valence-corrected chi connectivity index (χ2v) is 7.24. The number of halogens is 3. The minimum absolute atomic E-state index is 0.0923. The maximum atomic E-state index is 14.0. The molecular formula is C22H14F3N3OS. The lowest BCUT2D eigenvalue weighted by atomic mass is 9.99. The van der Waals surface area contributed by atoms with Crippen LogP contribution in [-0.2, 0) is 0 Å². The highest BCUT2D eigenvalue weighted by atomic mass is 32.1. The van der Waals surface area contributed by atoms with E-state index in [0.29, 0.717) is 21.7 Å². The minimum Gasteiger partial charge on any atom is -0.340 e. The third kappa shape index (κ3) is 4.08. The Morgan fingerprint density at radius 3 is 2.50 bits per heavy atom. The molecule has 0 bridgehead atoms. The zero-order valence-corrected chi connectivity index (χ0v) is 16.2. The first-order chi connectivity index (χ1) is 14.5. The normalized spacial score (nSPS) is 11.8. The van der Waals surface area contributed by atoms with Crippen LogP contribution in [0.5, 0.6) is 0 Å². The summed E-state index contributed by atoms with van der Waals surface area (Å²) in [6, 6.07) is 12.2. The van der Waals surface area contributed by atoms with E-state index < -0.39 is 29.4 Å². The van der Waals surface area contributed by atoms with Crippen molar-refractivity contribution in [3.05, 3.63) is 107 Å². The fraction of sp³-hybridized carbons (Fsp3) is 0.0455. The Kier molecular flexibility index (Phi) is 5.58. The van der Waals surface area contributed by atoms with E-state index >= 15 is 0 Å². The van der Waals surface area contributed by atoms with Crippen molar-refractivity contribution in [1.29, 1.82) is 0 Å². The molecule has 0 saturated heterocycles. The summed E-state index contributed by atoms with van der Waals surface area (Å²) >= 11 is 1.13. The van der Waals surface area contributed by atoms with E-state index in [1.165, 1.54) is 23.7 Å². The first-order valence-electron chi connectivity index (χ1n) is 8.89. The third-order valence-corrected chi connectivity index (χ3v) is 5.29. The summed E-state index contributed by atoms with van der Waals surface area (Å²) < 4.78 is 41.2. The number of benzene rings is 2. The second kappa shape index (κ2) is 8.46. The van der Waals surface area contributed by atoms with Gasteiger partial charge in [0.1, 0.15) is 16.5 Å². The second-order valence-electron chi connectivity index (χ2n) is 6.38. The van der Waals surface area contributed by atoms with E-state index in [1.807, 2.05) is 0 Å². The SMILES string of the molecule is O=C(N[C@H](c1cccnc1)c1ccc(F)c(F)c1)c1csc(-c2ccccc2F)n1. The van der Waals surface area contributed by atoms with Crippen molar-refractivity contribution in [2.75, 3.05) is 0 Å². The smallest absolute Gasteiger partial charge is 0.271 e. The summed E-state index contributed by atoms with van der Waals surface area (Å²) in [7, 11) is 0. The first-order valence-corrected chi connectivity index (χ1v) is 9.77. The maximum absolute atomic E-state index is 14.0. The molecule has 30 heavy (non-hydrogen) atoms. The summed E-state index contributed by atoms with van der Waals surface area (Å²) in [5.41, 5.74) is 1.32. The molecule has 8 heteroatoms. The molecule has 0 radical (unpaired) electrons. The van der Waals surface area contributed by atoms with Crippen LogP contribution in [0.1, 0.15) is 27.7 Å². The van der Waals surface area contributed by atoms with E-state index in [1.54, 1.807) is 36.5 Å². The molecule has 1 amide bonds.